The summed E-state index contributed by atoms with van der Waals surface area (Å²) >= 11 is 0. The van der Waals surface area contributed by atoms with E-state index in [4.69, 9.17) is 0 Å². The van der Waals surface area contributed by atoms with Crippen LogP contribution in [0.4, 0.5) is 4.39 Å². The van der Waals surface area contributed by atoms with E-state index >= 15 is 0 Å². The molecule has 3 heterocycles. The summed E-state index contributed by atoms with van der Waals surface area (Å²) in [6.45, 7) is 4.33. The number of benzene rings is 1. The third-order valence-electron chi connectivity index (χ3n) is 4.54. The molecular weight excluding hydrogens is 227 g/mol. The first kappa shape index (κ1) is 10.6. The zero-order valence-corrected chi connectivity index (χ0v) is 10.6. The van der Waals surface area contributed by atoms with Crippen LogP contribution in [0.3, 0.4) is 0 Å². The molecule has 94 valence electrons. The molecule has 0 amide bonds. The third kappa shape index (κ3) is 1.31. The van der Waals surface area contributed by atoms with Gasteiger partial charge < -0.3 is 4.98 Å². The van der Waals surface area contributed by atoms with Gasteiger partial charge in [-0.15, -0.1) is 0 Å². The average molecular weight is 244 g/mol. The summed E-state index contributed by atoms with van der Waals surface area (Å²) in [5.41, 5.74) is 4.86. The highest BCUT2D eigenvalue weighted by Crippen LogP contribution is 2.42. The summed E-state index contributed by atoms with van der Waals surface area (Å²) in [6, 6.07) is 3.85. The molecule has 0 unspecified atom stereocenters. The maximum Gasteiger partial charge on any atom is 0.124 e. The van der Waals surface area contributed by atoms with Crippen LogP contribution in [0.1, 0.15) is 35.7 Å². The second-order valence-electron chi connectivity index (χ2n) is 5.61. The van der Waals surface area contributed by atoms with Crippen LogP contribution >= 0.6 is 0 Å². The van der Waals surface area contributed by atoms with Crippen LogP contribution in [0.15, 0.2) is 12.1 Å². The fourth-order valence-electron chi connectivity index (χ4n) is 3.76. The fourth-order valence-corrected chi connectivity index (χ4v) is 3.76. The van der Waals surface area contributed by atoms with Crippen molar-refractivity contribution in [2.45, 2.75) is 32.2 Å². The fraction of sp³-hybridized carbons (Fsp3) is 0.467. The first-order valence-electron chi connectivity index (χ1n) is 6.78. The van der Waals surface area contributed by atoms with Crippen LogP contribution < -0.4 is 0 Å². The van der Waals surface area contributed by atoms with E-state index in [-0.39, 0.29) is 5.82 Å². The summed E-state index contributed by atoms with van der Waals surface area (Å²) in [4.78, 5) is 6.08. The SMILES string of the molecule is Cc1cc(F)cc2c3c([nH]c12)CCN1CCC[C@H]31. The summed E-state index contributed by atoms with van der Waals surface area (Å²) in [5, 5.41) is 1.11. The second-order valence-corrected chi connectivity index (χ2v) is 5.61. The molecule has 2 aromatic rings. The number of hydrogen-bond donors (Lipinski definition) is 1. The van der Waals surface area contributed by atoms with Crippen LogP contribution in [-0.2, 0) is 6.42 Å². The lowest BCUT2D eigenvalue weighted by Gasteiger charge is -2.29. The van der Waals surface area contributed by atoms with E-state index in [1.54, 1.807) is 12.1 Å². The molecule has 0 aliphatic carbocycles. The van der Waals surface area contributed by atoms with Gasteiger partial charge in [-0.2, -0.15) is 0 Å². The Morgan fingerprint density at radius 1 is 1.33 bits per heavy atom. The van der Waals surface area contributed by atoms with Crippen molar-refractivity contribution < 1.29 is 4.39 Å². The van der Waals surface area contributed by atoms with Crippen molar-refractivity contribution in [3.8, 4) is 0 Å². The van der Waals surface area contributed by atoms with E-state index < -0.39 is 0 Å². The Kier molecular flexibility index (Phi) is 2.10. The molecule has 1 aromatic heterocycles. The molecule has 1 aromatic carbocycles. The number of H-pyrrole nitrogens is 1. The number of aromatic amines is 1. The largest absolute Gasteiger partial charge is 0.358 e. The first-order valence-corrected chi connectivity index (χ1v) is 6.78. The average Bonchev–Trinajstić information content (AvgIpc) is 2.91. The van der Waals surface area contributed by atoms with Crippen LogP contribution in [0.25, 0.3) is 10.9 Å². The lowest BCUT2D eigenvalue weighted by molar-refractivity contribution is 0.244. The summed E-state index contributed by atoms with van der Waals surface area (Å²) < 4.78 is 13.7. The van der Waals surface area contributed by atoms with Gasteiger partial charge in [0.15, 0.2) is 0 Å². The molecule has 1 atom stereocenters. The van der Waals surface area contributed by atoms with Gasteiger partial charge in [0.05, 0.1) is 0 Å². The highest BCUT2D eigenvalue weighted by molar-refractivity contribution is 5.88. The van der Waals surface area contributed by atoms with Crippen molar-refractivity contribution in [2.75, 3.05) is 13.1 Å². The van der Waals surface area contributed by atoms with Gasteiger partial charge in [0.2, 0.25) is 0 Å². The Balaban J connectivity index is 2.02. The number of fused-ring (bicyclic) bond motifs is 5. The molecule has 2 aliphatic rings. The first-order chi connectivity index (χ1) is 8.74. The van der Waals surface area contributed by atoms with Gasteiger partial charge in [0, 0.05) is 35.6 Å². The summed E-state index contributed by atoms with van der Waals surface area (Å²) in [5.74, 6) is -0.114. The Labute approximate surface area is 106 Å². The lowest BCUT2D eigenvalue weighted by atomic mass is 9.95. The molecule has 4 rings (SSSR count). The van der Waals surface area contributed by atoms with Gasteiger partial charge in [-0.3, -0.25) is 4.90 Å². The number of aromatic nitrogens is 1. The Hall–Kier alpha value is -1.35. The molecular formula is C15H17FN2. The minimum absolute atomic E-state index is 0.114. The van der Waals surface area contributed by atoms with Gasteiger partial charge in [-0.1, -0.05) is 0 Å². The number of rotatable bonds is 0. The number of hydrogen-bond acceptors (Lipinski definition) is 1. The van der Waals surface area contributed by atoms with E-state index in [9.17, 15) is 4.39 Å². The molecule has 1 saturated heterocycles. The minimum atomic E-state index is -0.114. The van der Waals surface area contributed by atoms with E-state index in [2.05, 4.69) is 9.88 Å². The molecule has 2 nitrogen and oxygen atoms in total. The molecule has 1 fully saturated rings. The molecule has 18 heavy (non-hydrogen) atoms. The van der Waals surface area contributed by atoms with Gasteiger partial charge >= 0.3 is 0 Å². The summed E-state index contributed by atoms with van der Waals surface area (Å²) in [7, 11) is 0. The van der Waals surface area contributed by atoms with Crippen LogP contribution in [-0.4, -0.2) is 23.0 Å². The number of halogens is 1. The van der Waals surface area contributed by atoms with Gasteiger partial charge in [0.25, 0.3) is 0 Å². The van der Waals surface area contributed by atoms with Crippen molar-refractivity contribution in [2.24, 2.45) is 0 Å². The van der Waals surface area contributed by atoms with Crippen molar-refractivity contribution in [3.05, 3.63) is 34.8 Å². The van der Waals surface area contributed by atoms with Gasteiger partial charge in [0.1, 0.15) is 5.82 Å². The van der Waals surface area contributed by atoms with E-state index in [0.717, 1.165) is 29.4 Å². The van der Waals surface area contributed by atoms with Crippen LogP contribution in [0, 0.1) is 12.7 Å². The van der Waals surface area contributed by atoms with Crippen molar-refractivity contribution in [3.63, 3.8) is 0 Å². The standard InChI is InChI=1S/C15H17FN2/c1-9-7-10(16)8-11-14-12(17-15(9)11)4-6-18-5-2-3-13(14)18/h7-8,13,17H,2-6H2,1H3/t13-/m1/s1. The van der Waals surface area contributed by atoms with E-state index in [1.165, 1.54) is 30.6 Å². The maximum absolute atomic E-state index is 13.7. The van der Waals surface area contributed by atoms with E-state index in [1.807, 2.05) is 6.92 Å². The Morgan fingerprint density at radius 3 is 3.11 bits per heavy atom. The van der Waals surface area contributed by atoms with Crippen molar-refractivity contribution >= 4 is 10.9 Å². The van der Waals surface area contributed by atoms with Crippen LogP contribution in [0.5, 0.6) is 0 Å². The van der Waals surface area contributed by atoms with E-state index in [0.29, 0.717) is 6.04 Å². The molecule has 0 bridgehead atoms. The minimum Gasteiger partial charge on any atom is -0.358 e. The quantitative estimate of drug-likeness (QED) is 0.753. The smallest absolute Gasteiger partial charge is 0.124 e. The summed E-state index contributed by atoms with van der Waals surface area (Å²) in [6.07, 6.45) is 3.56. The normalized spacial score (nSPS) is 23.3. The topological polar surface area (TPSA) is 19.0 Å². The highest BCUT2D eigenvalue weighted by atomic mass is 19.1. The Morgan fingerprint density at radius 2 is 2.22 bits per heavy atom. The maximum atomic E-state index is 13.7. The molecule has 0 saturated carbocycles. The van der Waals surface area contributed by atoms with Crippen LogP contribution in [0.2, 0.25) is 0 Å². The number of nitrogens with one attached hydrogen (secondary N) is 1. The van der Waals surface area contributed by atoms with Gasteiger partial charge in [-0.05, 0) is 49.6 Å². The second kappa shape index (κ2) is 3.58. The predicted octanol–water partition coefficient (Wildman–Crippen LogP) is 3.31. The molecule has 0 spiro atoms. The third-order valence-corrected chi connectivity index (χ3v) is 4.54. The number of aryl methyl sites for hydroxylation is 1. The molecule has 3 heteroatoms. The molecule has 2 aliphatic heterocycles. The molecule has 0 radical (unpaired) electrons. The zero-order chi connectivity index (χ0) is 12.3. The van der Waals surface area contributed by atoms with Crippen molar-refractivity contribution in [1.82, 2.24) is 9.88 Å². The predicted molar refractivity (Wildman–Crippen MR) is 70.2 cm³/mol. The molecule has 1 N–H and O–H groups in total. The van der Waals surface area contributed by atoms with Gasteiger partial charge in [-0.25, -0.2) is 4.39 Å². The zero-order valence-electron chi connectivity index (χ0n) is 10.6. The lowest BCUT2D eigenvalue weighted by Crippen LogP contribution is -2.30. The Bertz CT molecular complexity index is 629. The monoisotopic (exact) mass is 244 g/mol. The number of nitrogens with zero attached hydrogens (tertiary/aromatic N) is 1. The van der Waals surface area contributed by atoms with Crippen molar-refractivity contribution in [1.29, 1.82) is 0 Å². The highest BCUT2D eigenvalue weighted by Gasteiger charge is 2.33.